The van der Waals surface area contributed by atoms with Gasteiger partial charge in [-0.25, -0.2) is 4.68 Å². The lowest BCUT2D eigenvalue weighted by Gasteiger charge is -2.15. The number of benzene rings is 2. The van der Waals surface area contributed by atoms with Crippen molar-refractivity contribution in [2.75, 3.05) is 5.32 Å². The number of anilines is 1. The van der Waals surface area contributed by atoms with Gasteiger partial charge in [0.2, 0.25) is 0 Å². The second-order valence-electron chi connectivity index (χ2n) is 6.76. The van der Waals surface area contributed by atoms with E-state index in [1.54, 1.807) is 36.4 Å². The largest absolute Gasteiger partial charge is 0.435 e. The molecule has 0 saturated heterocycles. The minimum Gasteiger partial charge on any atom is -0.322 e. The highest BCUT2D eigenvalue weighted by atomic mass is 19.4. The molecule has 144 valence electrons. The van der Waals surface area contributed by atoms with E-state index in [4.69, 9.17) is 0 Å². The molecule has 1 N–H and O–H groups in total. The summed E-state index contributed by atoms with van der Waals surface area (Å²) < 4.78 is 41.4. The SMILES string of the molecule is O=C(Nc1ccccc1)c1ccc(-n2nc(C(F)(F)F)c3c2CCCC3)cc1. The Hall–Kier alpha value is -3.09. The van der Waals surface area contributed by atoms with E-state index in [1.165, 1.54) is 4.68 Å². The van der Waals surface area contributed by atoms with Gasteiger partial charge in [-0.05, 0) is 62.1 Å². The van der Waals surface area contributed by atoms with Gasteiger partial charge in [-0.15, -0.1) is 0 Å². The maximum Gasteiger partial charge on any atom is 0.435 e. The molecule has 0 aliphatic heterocycles. The number of halogens is 3. The number of rotatable bonds is 3. The molecule has 4 nitrogen and oxygen atoms in total. The minimum absolute atomic E-state index is 0.281. The average molecular weight is 385 g/mol. The van der Waals surface area contributed by atoms with Crippen molar-refractivity contribution in [3.63, 3.8) is 0 Å². The molecule has 0 bridgehead atoms. The smallest absolute Gasteiger partial charge is 0.322 e. The van der Waals surface area contributed by atoms with E-state index in [9.17, 15) is 18.0 Å². The molecule has 1 aliphatic rings. The van der Waals surface area contributed by atoms with Crippen LogP contribution < -0.4 is 5.32 Å². The van der Waals surface area contributed by atoms with Crippen LogP contribution in [0.1, 0.15) is 40.2 Å². The van der Waals surface area contributed by atoms with Crippen molar-refractivity contribution in [3.05, 3.63) is 77.1 Å². The monoisotopic (exact) mass is 385 g/mol. The van der Waals surface area contributed by atoms with Crippen LogP contribution in [0.4, 0.5) is 18.9 Å². The number of nitrogens with zero attached hydrogens (tertiary/aromatic N) is 2. The fourth-order valence-electron chi connectivity index (χ4n) is 3.52. The molecule has 0 fully saturated rings. The Labute approximate surface area is 160 Å². The first-order valence-corrected chi connectivity index (χ1v) is 9.08. The second kappa shape index (κ2) is 7.14. The predicted octanol–water partition coefficient (Wildman–Crippen LogP) is 5.02. The Morgan fingerprint density at radius 3 is 2.32 bits per heavy atom. The van der Waals surface area contributed by atoms with E-state index in [0.29, 0.717) is 41.0 Å². The van der Waals surface area contributed by atoms with Gasteiger partial charge < -0.3 is 5.32 Å². The maximum absolute atomic E-state index is 13.4. The Bertz CT molecular complexity index is 992. The van der Waals surface area contributed by atoms with Crippen molar-refractivity contribution in [1.29, 1.82) is 0 Å². The summed E-state index contributed by atoms with van der Waals surface area (Å²) in [6.07, 6.45) is -1.94. The minimum atomic E-state index is -4.47. The summed E-state index contributed by atoms with van der Waals surface area (Å²) in [6.45, 7) is 0. The van der Waals surface area contributed by atoms with Gasteiger partial charge in [-0.3, -0.25) is 4.79 Å². The molecule has 7 heteroatoms. The van der Waals surface area contributed by atoms with Crippen LogP contribution in [0, 0.1) is 0 Å². The Morgan fingerprint density at radius 1 is 0.964 bits per heavy atom. The molecule has 0 atom stereocenters. The number of fused-ring (bicyclic) bond motifs is 1. The van der Waals surface area contributed by atoms with Gasteiger partial charge in [0, 0.05) is 22.5 Å². The summed E-state index contributed by atoms with van der Waals surface area (Å²) in [7, 11) is 0. The summed E-state index contributed by atoms with van der Waals surface area (Å²) in [4.78, 5) is 12.3. The Balaban J connectivity index is 1.62. The molecule has 28 heavy (non-hydrogen) atoms. The molecule has 1 heterocycles. The van der Waals surface area contributed by atoms with Crippen LogP contribution in [0.15, 0.2) is 54.6 Å². The van der Waals surface area contributed by atoms with E-state index >= 15 is 0 Å². The summed E-state index contributed by atoms with van der Waals surface area (Å²) in [6, 6.07) is 15.5. The van der Waals surface area contributed by atoms with Crippen molar-refractivity contribution in [1.82, 2.24) is 9.78 Å². The van der Waals surface area contributed by atoms with Crippen LogP contribution in [0.5, 0.6) is 0 Å². The van der Waals surface area contributed by atoms with Crippen LogP contribution in [-0.2, 0) is 19.0 Å². The topological polar surface area (TPSA) is 46.9 Å². The Kier molecular flexibility index (Phi) is 4.66. The van der Waals surface area contributed by atoms with Crippen LogP contribution in [0.3, 0.4) is 0 Å². The van der Waals surface area contributed by atoms with E-state index in [-0.39, 0.29) is 5.91 Å². The molecule has 1 aliphatic carbocycles. The van der Waals surface area contributed by atoms with E-state index < -0.39 is 11.9 Å². The normalized spacial score (nSPS) is 13.8. The van der Waals surface area contributed by atoms with Crippen molar-refractivity contribution < 1.29 is 18.0 Å². The van der Waals surface area contributed by atoms with Gasteiger partial charge in [0.1, 0.15) is 0 Å². The maximum atomic E-state index is 13.4. The summed E-state index contributed by atoms with van der Waals surface area (Å²) in [5.41, 5.74) is 1.72. The molecule has 2 aromatic carbocycles. The molecule has 0 radical (unpaired) electrons. The van der Waals surface area contributed by atoms with Gasteiger partial charge in [0.25, 0.3) is 5.91 Å². The third kappa shape index (κ3) is 3.52. The molecule has 3 aromatic rings. The van der Waals surface area contributed by atoms with Crippen molar-refractivity contribution in [3.8, 4) is 5.69 Å². The number of para-hydroxylation sites is 1. The number of hydrogen-bond acceptors (Lipinski definition) is 2. The number of aromatic nitrogens is 2. The number of carbonyl (C=O) groups is 1. The van der Waals surface area contributed by atoms with Gasteiger partial charge in [0.15, 0.2) is 5.69 Å². The van der Waals surface area contributed by atoms with E-state index in [2.05, 4.69) is 10.4 Å². The van der Waals surface area contributed by atoms with Crippen molar-refractivity contribution in [2.45, 2.75) is 31.9 Å². The second-order valence-corrected chi connectivity index (χ2v) is 6.76. The lowest BCUT2D eigenvalue weighted by molar-refractivity contribution is -0.142. The lowest BCUT2D eigenvalue weighted by Crippen LogP contribution is -2.12. The predicted molar refractivity (Wildman–Crippen MR) is 99.6 cm³/mol. The standard InChI is InChI=1S/C21H18F3N3O/c22-21(23,24)19-17-8-4-5-9-18(17)27(26-19)16-12-10-14(11-13-16)20(28)25-15-6-2-1-3-7-15/h1-3,6-7,10-13H,4-5,8-9H2,(H,25,28). The number of amides is 1. The van der Waals surface area contributed by atoms with Gasteiger partial charge in [-0.1, -0.05) is 18.2 Å². The third-order valence-electron chi connectivity index (χ3n) is 4.85. The fraction of sp³-hybridized carbons (Fsp3) is 0.238. The van der Waals surface area contributed by atoms with Crippen LogP contribution in [-0.4, -0.2) is 15.7 Å². The third-order valence-corrected chi connectivity index (χ3v) is 4.85. The molecular weight excluding hydrogens is 367 g/mol. The van der Waals surface area contributed by atoms with Crippen LogP contribution in [0.25, 0.3) is 5.69 Å². The first-order valence-electron chi connectivity index (χ1n) is 9.08. The van der Waals surface area contributed by atoms with Gasteiger partial charge in [0.05, 0.1) is 5.69 Å². The van der Waals surface area contributed by atoms with Crippen molar-refractivity contribution >= 4 is 11.6 Å². The summed E-state index contributed by atoms with van der Waals surface area (Å²) in [5, 5.41) is 6.65. The van der Waals surface area contributed by atoms with Gasteiger partial charge in [-0.2, -0.15) is 18.3 Å². The molecule has 1 amide bonds. The highest BCUT2D eigenvalue weighted by Gasteiger charge is 2.39. The zero-order chi connectivity index (χ0) is 19.7. The zero-order valence-electron chi connectivity index (χ0n) is 15.0. The van der Waals surface area contributed by atoms with Crippen molar-refractivity contribution in [2.24, 2.45) is 0 Å². The fourth-order valence-corrected chi connectivity index (χ4v) is 3.52. The molecular formula is C21H18F3N3O. The lowest BCUT2D eigenvalue weighted by atomic mass is 9.95. The molecule has 0 unspecified atom stereocenters. The molecule has 0 saturated carbocycles. The van der Waals surface area contributed by atoms with Crippen LogP contribution >= 0.6 is 0 Å². The first kappa shape index (κ1) is 18.3. The summed E-state index contributed by atoms with van der Waals surface area (Å²) >= 11 is 0. The number of nitrogens with one attached hydrogen (secondary N) is 1. The first-order chi connectivity index (χ1) is 13.4. The molecule has 1 aromatic heterocycles. The number of carbonyl (C=O) groups excluding carboxylic acids is 1. The molecule has 4 rings (SSSR count). The quantitative estimate of drug-likeness (QED) is 0.688. The average Bonchev–Trinajstić information content (AvgIpc) is 3.09. The van der Waals surface area contributed by atoms with Gasteiger partial charge >= 0.3 is 6.18 Å². The summed E-state index contributed by atoms with van der Waals surface area (Å²) in [5.74, 6) is -0.281. The highest BCUT2D eigenvalue weighted by molar-refractivity contribution is 6.04. The van der Waals surface area contributed by atoms with E-state index in [1.807, 2.05) is 18.2 Å². The number of alkyl halides is 3. The van der Waals surface area contributed by atoms with E-state index in [0.717, 1.165) is 12.8 Å². The number of hydrogen-bond donors (Lipinski definition) is 1. The zero-order valence-corrected chi connectivity index (χ0v) is 15.0. The molecule has 0 spiro atoms. The Morgan fingerprint density at radius 2 is 1.64 bits per heavy atom. The highest BCUT2D eigenvalue weighted by Crippen LogP contribution is 2.36. The van der Waals surface area contributed by atoms with Crippen LogP contribution in [0.2, 0.25) is 0 Å².